The van der Waals surface area contributed by atoms with Crippen LogP contribution in [0.5, 0.6) is 5.75 Å². The van der Waals surface area contributed by atoms with E-state index in [1.807, 2.05) is 24.3 Å². The van der Waals surface area contributed by atoms with Crippen molar-refractivity contribution in [2.75, 3.05) is 0 Å². The molecule has 0 saturated carbocycles. The summed E-state index contributed by atoms with van der Waals surface area (Å²) in [5.74, 6) is -0.624. The number of aromatic carboxylic acids is 1. The highest BCUT2D eigenvalue weighted by Crippen LogP contribution is 2.20. The number of rotatable bonds is 5. The molecular weight excluding hydrogens is 240 g/mol. The van der Waals surface area contributed by atoms with Crippen LogP contribution in [0.1, 0.15) is 21.5 Å². The van der Waals surface area contributed by atoms with Gasteiger partial charge in [-0.3, -0.25) is 0 Å². The molecule has 0 fully saturated rings. The van der Waals surface area contributed by atoms with Crippen molar-refractivity contribution in [1.29, 1.82) is 0 Å². The van der Waals surface area contributed by atoms with E-state index in [9.17, 15) is 4.79 Å². The molecule has 0 unspecified atom stereocenters. The van der Waals surface area contributed by atoms with Crippen molar-refractivity contribution in [1.82, 2.24) is 0 Å². The molecule has 0 amide bonds. The molecule has 0 heterocycles. The minimum absolute atomic E-state index is 0.165. The van der Waals surface area contributed by atoms with E-state index in [4.69, 9.17) is 9.84 Å². The highest BCUT2D eigenvalue weighted by atomic mass is 16.5. The highest BCUT2D eigenvalue weighted by Gasteiger charge is 2.10. The second-order valence-corrected chi connectivity index (χ2v) is 3.99. The Bertz CT molecular complexity index is 602. The number of ether oxygens (including phenoxy) is 1. The fourth-order valence-electron chi connectivity index (χ4n) is 1.79. The maximum Gasteiger partial charge on any atom is 0.339 e. The van der Waals surface area contributed by atoms with E-state index in [-0.39, 0.29) is 5.56 Å². The number of hydrogen-bond acceptors (Lipinski definition) is 2. The average molecular weight is 254 g/mol. The summed E-state index contributed by atoms with van der Waals surface area (Å²) in [6, 6.07) is 14.3. The zero-order valence-corrected chi connectivity index (χ0v) is 10.4. The van der Waals surface area contributed by atoms with E-state index in [0.29, 0.717) is 12.4 Å². The largest absolute Gasteiger partial charge is 0.488 e. The number of para-hydroxylation sites is 1. The number of carboxylic acid groups (broad SMARTS) is 1. The van der Waals surface area contributed by atoms with Crippen molar-refractivity contribution >= 4 is 12.0 Å². The van der Waals surface area contributed by atoms with Crippen LogP contribution in [0.15, 0.2) is 55.1 Å². The monoisotopic (exact) mass is 254 g/mol. The molecule has 3 heteroatoms. The molecule has 19 heavy (non-hydrogen) atoms. The first kappa shape index (κ1) is 12.9. The summed E-state index contributed by atoms with van der Waals surface area (Å²) in [6.07, 6.45) is 1.75. The molecular formula is C16H14O3. The molecule has 96 valence electrons. The van der Waals surface area contributed by atoms with Crippen LogP contribution in [0.25, 0.3) is 6.08 Å². The van der Waals surface area contributed by atoms with Crippen LogP contribution in [0.3, 0.4) is 0 Å². The number of hydrogen-bond donors (Lipinski definition) is 1. The van der Waals surface area contributed by atoms with Crippen LogP contribution in [-0.2, 0) is 6.61 Å². The summed E-state index contributed by atoms with van der Waals surface area (Å²) in [6.45, 7) is 4.05. The minimum Gasteiger partial charge on any atom is -0.488 e. The van der Waals surface area contributed by atoms with E-state index >= 15 is 0 Å². The number of carbonyl (C=O) groups is 1. The van der Waals surface area contributed by atoms with Crippen molar-refractivity contribution in [2.45, 2.75) is 6.61 Å². The van der Waals surface area contributed by atoms with Gasteiger partial charge >= 0.3 is 5.97 Å². The second kappa shape index (κ2) is 5.87. The topological polar surface area (TPSA) is 46.5 Å². The van der Waals surface area contributed by atoms with Crippen molar-refractivity contribution in [3.05, 3.63) is 71.8 Å². The molecule has 0 atom stereocenters. The van der Waals surface area contributed by atoms with Gasteiger partial charge in [-0.15, -0.1) is 0 Å². The highest BCUT2D eigenvalue weighted by molar-refractivity contribution is 5.90. The first-order valence-corrected chi connectivity index (χ1v) is 5.88. The predicted molar refractivity (Wildman–Crippen MR) is 74.3 cm³/mol. The third kappa shape index (κ3) is 3.01. The van der Waals surface area contributed by atoms with Crippen LogP contribution in [0.2, 0.25) is 0 Å². The fraction of sp³-hybridized carbons (Fsp3) is 0.0625. The van der Waals surface area contributed by atoms with Crippen LogP contribution in [0.4, 0.5) is 0 Å². The zero-order valence-electron chi connectivity index (χ0n) is 10.4. The summed E-state index contributed by atoms with van der Waals surface area (Å²) >= 11 is 0. The SMILES string of the molecule is C=Cc1ccccc1COc1ccccc1C(=O)O. The first-order chi connectivity index (χ1) is 9.22. The summed E-state index contributed by atoms with van der Waals surface area (Å²) in [5, 5.41) is 9.07. The molecule has 0 aliphatic rings. The molecule has 3 nitrogen and oxygen atoms in total. The standard InChI is InChI=1S/C16H14O3/c1-2-12-7-3-4-8-13(12)11-19-15-10-6-5-9-14(15)16(17)18/h2-10H,1,11H2,(H,17,18). The molecule has 0 saturated heterocycles. The Morgan fingerprint density at radius 3 is 2.58 bits per heavy atom. The van der Waals surface area contributed by atoms with Gasteiger partial charge in [-0.05, 0) is 23.3 Å². The van der Waals surface area contributed by atoms with E-state index in [1.54, 1.807) is 24.3 Å². The van der Waals surface area contributed by atoms with Gasteiger partial charge in [0.2, 0.25) is 0 Å². The maximum atomic E-state index is 11.1. The van der Waals surface area contributed by atoms with Crippen LogP contribution >= 0.6 is 0 Å². The van der Waals surface area contributed by atoms with Gasteiger partial charge in [0.25, 0.3) is 0 Å². The molecule has 0 spiro atoms. The maximum absolute atomic E-state index is 11.1. The third-order valence-corrected chi connectivity index (χ3v) is 2.78. The Morgan fingerprint density at radius 1 is 1.16 bits per heavy atom. The lowest BCUT2D eigenvalue weighted by Crippen LogP contribution is -2.03. The molecule has 0 aliphatic heterocycles. The molecule has 2 rings (SSSR count). The zero-order chi connectivity index (χ0) is 13.7. The summed E-state index contributed by atoms with van der Waals surface area (Å²) in [4.78, 5) is 11.1. The lowest BCUT2D eigenvalue weighted by atomic mass is 10.1. The predicted octanol–water partition coefficient (Wildman–Crippen LogP) is 3.61. The van der Waals surface area contributed by atoms with Crippen molar-refractivity contribution in [3.63, 3.8) is 0 Å². The Morgan fingerprint density at radius 2 is 1.84 bits per heavy atom. The molecule has 2 aromatic carbocycles. The molecule has 0 aromatic heterocycles. The van der Waals surface area contributed by atoms with Gasteiger partial charge in [-0.25, -0.2) is 4.79 Å². The van der Waals surface area contributed by atoms with Crippen molar-refractivity contribution < 1.29 is 14.6 Å². The van der Waals surface area contributed by atoms with Gasteiger partial charge in [0.1, 0.15) is 17.9 Å². The van der Waals surface area contributed by atoms with E-state index in [0.717, 1.165) is 11.1 Å². The molecule has 1 N–H and O–H groups in total. The smallest absolute Gasteiger partial charge is 0.339 e. The van der Waals surface area contributed by atoms with Gasteiger partial charge in [0.05, 0.1) is 0 Å². The van der Waals surface area contributed by atoms with Gasteiger partial charge in [0.15, 0.2) is 0 Å². The van der Waals surface area contributed by atoms with E-state index < -0.39 is 5.97 Å². The summed E-state index contributed by atoms with van der Waals surface area (Å²) in [5.41, 5.74) is 2.12. The van der Waals surface area contributed by atoms with Crippen molar-refractivity contribution in [3.8, 4) is 5.75 Å². The number of benzene rings is 2. The summed E-state index contributed by atoms with van der Waals surface area (Å²) in [7, 11) is 0. The lowest BCUT2D eigenvalue weighted by Gasteiger charge is -2.10. The van der Waals surface area contributed by atoms with Crippen molar-refractivity contribution in [2.24, 2.45) is 0 Å². The Balaban J connectivity index is 2.19. The molecule has 0 aliphatic carbocycles. The Hall–Kier alpha value is -2.55. The Kier molecular flexibility index (Phi) is 3.98. The van der Waals surface area contributed by atoms with Crippen LogP contribution in [0, 0.1) is 0 Å². The van der Waals surface area contributed by atoms with E-state index in [1.165, 1.54) is 6.07 Å². The van der Waals surface area contributed by atoms with Crippen LogP contribution < -0.4 is 4.74 Å². The third-order valence-electron chi connectivity index (χ3n) is 2.78. The van der Waals surface area contributed by atoms with Crippen LogP contribution in [-0.4, -0.2) is 11.1 Å². The second-order valence-electron chi connectivity index (χ2n) is 3.99. The molecule has 0 radical (unpaired) electrons. The van der Waals surface area contributed by atoms with Gasteiger partial charge in [-0.2, -0.15) is 0 Å². The normalized spacial score (nSPS) is 9.89. The van der Waals surface area contributed by atoms with E-state index in [2.05, 4.69) is 6.58 Å². The van der Waals surface area contributed by atoms with Gasteiger partial charge in [0, 0.05) is 0 Å². The average Bonchev–Trinajstić information content (AvgIpc) is 2.45. The van der Waals surface area contributed by atoms with Gasteiger partial charge < -0.3 is 9.84 Å². The van der Waals surface area contributed by atoms with Gasteiger partial charge in [-0.1, -0.05) is 49.1 Å². The Labute approximate surface area is 111 Å². The first-order valence-electron chi connectivity index (χ1n) is 5.88. The lowest BCUT2D eigenvalue weighted by molar-refractivity contribution is 0.0692. The minimum atomic E-state index is -0.993. The fourth-order valence-corrected chi connectivity index (χ4v) is 1.79. The molecule has 2 aromatic rings. The summed E-state index contributed by atoms with van der Waals surface area (Å²) < 4.78 is 5.60. The quantitative estimate of drug-likeness (QED) is 0.886. The molecule has 0 bridgehead atoms. The number of carboxylic acids is 1.